The molecule has 0 aliphatic rings. The van der Waals surface area contributed by atoms with Gasteiger partial charge in [0.1, 0.15) is 5.69 Å². The number of H-pyrrole nitrogens is 1. The van der Waals surface area contributed by atoms with Crippen LogP contribution in [0.5, 0.6) is 0 Å². The predicted octanol–water partition coefficient (Wildman–Crippen LogP) is 3.71. The van der Waals surface area contributed by atoms with E-state index in [2.05, 4.69) is 15.0 Å². The summed E-state index contributed by atoms with van der Waals surface area (Å²) >= 11 is 2.04. The number of hydrogen-bond acceptors (Lipinski definition) is 3. The lowest BCUT2D eigenvalue weighted by Gasteiger charge is -2.09. The molecule has 0 unspecified atom stereocenters. The summed E-state index contributed by atoms with van der Waals surface area (Å²) < 4.78 is 0.645. The maximum Gasteiger partial charge on any atom is 0.264 e. The van der Waals surface area contributed by atoms with Gasteiger partial charge in [0.05, 0.1) is 14.8 Å². The molecule has 5 heteroatoms. The van der Waals surface area contributed by atoms with Gasteiger partial charge in [-0.1, -0.05) is 38.1 Å². The van der Waals surface area contributed by atoms with E-state index < -0.39 is 0 Å². The molecule has 106 valence electrons. The van der Waals surface area contributed by atoms with Crippen molar-refractivity contribution in [2.75, 3.05) is 0 Å². The average Bonchev–Trinajstić information content (AvgIpc) is 2.49. The van der Waals surface area contributed by atoms with Gasteiger partial charge in [-0.3, -0.25) is 4.79 Å². The van der Waals surface area contributed by atoms with Crippen LogP contribution in [0.4, 0.5) is 0 Å². The third-order valence-corrected chi connectivity index (χ3v) is 4.32. The summed E-state index contributed by atoms with van der Waals surface area (Å²) in [6.45, 7) is 4.06. The lowest BCUT2D eigenvalue weighted by molar-refractivity contribution is 0.801. The van der Waals surface area contributed by atoms with Crippen molar-refractivity contribution in [1.29, 1.82) is 0 Å². The maximum atomic E-state index is 12.1. The molecule has 0 fully saturated rings. The van der Waals surface area contributed by atoms with Crippen LogP contribution in [-0.4, -0.2) is 15.0 Å². The molecule has 0 saturated carbocycles. The first-order valence-corrected chi connectivity index (χ1v) is 7.80. The van der Waals surface area contributed by atoms with Gasteiger partial charge in [0.15, 0.2) is 5.82 Å². The van der Waals surface area contributed by atoms with Gasteiger partial charge in [-0.25, -0.2) is 9.97 Å². The Bertz CT molecular complexity index is 871. The molecule has 0 atom stereocenters. The number of rotatable bonds is 2. The smallest absolute Gasteiger partial charge is 0.264 e. The van der Waals surface area contributed by atoms with E-state index in [1.807, 2.05) is 72.8 Å². The van der Waals surface area contributed by atoms with Crippen LogP contribution in [0.15, 0.2) is 41.2 Å². The highest BCUT2D eigenvalue weighted by Crippen LogP contribution is 2.21. The van der Waals surface area contributed by atoms with Gasteiger partial charge in [-0.05, 0) is 40.6 Å². The lowest BCUT2D eigenvalue weighted by atomic mass is 10.1. The first-order valence-electron chi connectivity index (χ1n) is 6.72. The number of pyridine rings is 1. The Kier molecular flexibility index (Phi) is 3.75. The number of para-hydroxylation sites is 1. The number of halogens is 1. The molecule has 0 spiro atoms. The zero-order valence-electron chi connectivity index (χ0n) is 11.7. The van der Waals surface area contributed by atoms with Gasteiger partial charge in [0.2, 0.25) is 0 Å². The molecule has 3 aromatic rings. The van der Waals surface area contributed by atoms with Gasteiger partial charge < -0.3 is 4.98 Å². The first-order chi connectivity index (χ1) is 10.1. The monoisotopic (exact) mass is 391 g/mol. The van der Waals surface area contributed by atoms with Crippen LogP contribution in [0, 0.1) is 3.57 Å². The van der Waals surface area contributed by atoms with Crippen LogP contribution < -0.4 is 5.56 Å². The zero-order valence-corrected chi connectivity index (χ0v) is 13.9. The number of nitrogens with zero attached hydrogens (tertiary/aromatic N) is 2. The summed E-state index contributed by atoms with van der Waals surface area (Å²) in [5.74, 6) is 0.716. The number of aromatic amines is 1. The van der Waals surface area contributed by atoms with Crippen molar-refractivity contribution >= 4 is 33.5 Å². The van der Waals surface area contributed by atoms with Crippen LogP contribution in [0.1, 0.15) is 25.5 Å². The molecular formula is C16H14IN3O. The van der Waals surface area contributed by atoms with Crippen LogP contribution in [-0.2, 0) is 0 Å². The summed E-state index contributed by atoms with van der Waals surface area (Å²) in [5.41, 5.74) is 2.27. The summed E-state index contributed by atoms with van der Waals surface area (Å²) in [6.07, 6.45) is 0. The van der Waals surface area contributed by atoms with Crippen LogP contribution >= 0.6 is 22.6 Å². The van der Waals surface area contributed by atoms with Crippen molar-refractivity contribution in [3.8, 4) is 11.5 Å². The van der Waals surface area contributed by atoms with Gasteiger partial charge >= 0.3 is 0 Å². The number of nitrogens with one attached hydrogen (secondary N) is 1. The largest absolute Gasteiger partial charge is 0.304 e. The molecule has 0 aliphatic carbocycles. The summed E-state index contributed by atoms with van der Waals surface area (Å²) in [7, 11) is 0. The third-order valence-electron chi connectivity index (χ3n) is 3.28. The van der Waals surface area contributed by atoms with Crippen LogP contribution in [0.25, 0.3) is 22.4 Å². The molecule has 1 N–H and O–H groups in total. The minimum absolute atomic E-state index is 0.112. The fraction of sp³-hybridized carbons (Fsp3) is 0.188. The molecular weight excluding hydrogens is 377 g/mol. The fourth-order valence-electron chi connectivity index (χ4n) is 2.18. The highest BCUT2D eigenvalue weighted by molar-refractivity contribution is 14.1. The van der Waals surface area contributed by atoms with Crippen molar-refractivity contribution in [2.45, 2.75) is 19.8 Å². The molecule has 0 aliphatic heterocycles. The third kappa shape index (κ3) is 2.70. The fourth-order valence-corrected chi connectivity index (χ4v) is 3.06. The lowest BCUT2D eigenvalue weighted by Crippen LogP contribution is -2.17. The van der Waals surface area contributed by atoms with E-state index in [0.29, 0.717) is 15.1 Å². The minimum atomic E-state index is -0.112. The SMILES string of the molecule is CC(C)c1nc(-c2ccc3ccccc3n2)[nH]c(=O)c1I. The van der Waals surface area contributed by atoms with E-state index in [1.165, 1.54) is 0 Å². The van der Waals surface area contributed by atoms with Crippen molar-refractivity contribution in [3.05, 3.63) is 56.0 Å². The predicted molar refractivity (Wildman–Crippen MR) is 92.4 cm³/mol. The Morgan fingerprint density at radius 1 is 1.10 bits per heavy atom. The summed E-state index contributed by atoms with van der Waals surface area (Å²) in [6, 6.07) is 11.8. The van der Waals surface area contributed by atoms with Gasteiger partial charge in [-0.15, -0.1) is 0 Å². The average molecular weight is 391 g/mol. The molecule has 0 amide bonds. The topological polar surface area (TPSA) is 58.6 Å². The number of fused-ring (bicyclic) bond motifs is 1. The Balaban J connectivity index is 2.20. The summed E-state index contributed by atoms with van der Waals surface area (Å²) in [5, 5.41) is 1.07. The quantitative estimate of drug-likeness (QED) is 0.678. The number of aromatic nitrogens is 3. The van der Waals surface area contributed by atoms with E-state index in [-0.39, 0.29) is 11.5 Å². The standard InChI is InChI=1S/C16H14IN3O/c1-9(2)14-13(17)16(21)20-15(19-14)12-8-7-10-5-3-4-6-11(10)18-12/h3-9H,1-2H3,(H,19,20,21). The van der Waals surface area contributed by atoms with E-state index in [4.69, 9.17) is 0 Å². The van der Waals surface area contributed by atoms with E-state index in [0.717, 1.165) is 16.6 Å². The second kappa shape index (κ2) is 5.55. The molecule has 2 aromatic heterocycles. The Labute approximate surface area is 135 Å². The first kappa shape index (κ1) is 14.2. The maximum absolute atomic E-state index is 12.1. The Morgan fingerprint density at radius 3 is 2.62 bits per heavy atom. The van der Waals surface area contributed by atoms with Crippen LogP contribution in [0.2, 0.25) is 0 Å². The van der Waals surface area contributed by atoms with E-state index >= 15 is 0 Å². The van der Waals surface area contributed by atoms with Crippen molar-refractivity contribution in [2.24, 2.45) is 0 Å². The molecule has 4 nitrogen and oxygen atoms in total. The van der Waals surface area contributed by atoms with Crippen LogP contribution in [0.3, 0.4) is 0 Å². The number of benzene rings is 1. The minimum Gasteiger partial charge on any atom is -0.304 e. The molecule has 21 heavy (non-hydrogen) atoms. The van der Waals surface area contributed by atoms with Crippen molar-refractivity contribution < 1.29 is 0 Å². The second-order valence-electron chi connectivity index (χ2n) is 5.16. The van der Waals surface area contributed by atoms with Gasteiger partial charge in [0, 0.05) is 5.39 Å². The Morgan fingerprint density at radius 2 is 1.86 bits per heavy atom. The van der Waals surface area contributed by atoms with Crippen molar-refractivity contribution in [3.63, 3.8) is 0 Å². The molecule has 0 radical (unpaired) electrons. The molecule has 0 saturated heterocycles. The highest BCUT2D eigenvalue weighted by Gasteiger charge is 2.14. The van der Waals surface area contributed by atoms with Gasteiger partial charge in [0.25, 0.3) is 5.56 Å². The second-order valence-corrected chi connectivity index (χ2v) is 6.24. The van der Waals surface area contributed by atoms with Crippen molar-refractivity contribution in [1.82, 2.24) is 15.0 Å². The molecule has 0 bridgehead atoms. The Hall–Kier alpha value is -1.76. The van der Waals surface area contributed by atoms with Gasteiger partial charge in [-0.2, -0.15) is 0 Å². The normalized spacial score (nSPS) is 11.2. The summed E-state index contributed by atoms with van der Waals surface area (Å²) in [4.78, 5) is 24.1. The molecule has 1 aromatic carbocycles. The number of hydrogen-bond donors (Lipinski definition) is 1. The molecule has 3 rings (SSSR count). The zero-order chi connectivity index (χ0) is 15.0. The molecule has 2 heterocycles. The highest BCUT2D eigenvalue weighted by atomic mass is 127. The van der Waals surface area contributed by atoms with E-state index in [1.54, 1.807) is 0 Å². The van der Waals surface area contributed by atoms with E-state index in [9.17, 15) is 4.79 Å².